The lowest BCUT2D eigenvalue weighted by molar-refractivity contribution is -0.120. The first-order valence-corrected chi connectivity index (χ1v) is 7.07. The predicted octanol–water partition coefficient (Wildman–Crippen LogP) is 3.06. The van der Waals surface area contributed by atoms with E-state index >= 15 is 0 Å². The van der Waals surface area contributed by atoms with Gasteiger partial charge in [-0.25, -0.2) is 0 Å². The fraction of sp³-hybridized carbons (Fsp3) is 0.176. The molecule has 0 aliphatic rings. The van der Waals surface area contributed by atoms with E-state index < -0.39 is 5.41 Å². The summed E-state index contributed by atoms with van der Waals surface area (Å²) in [5.41, 5.74) is 8.35. The van der Waals surface area contributed by atoms with Gasteiger partial charge in [0, 0.05) is 16.8 Å². The molecule has 0 aliphatic carbocycles. The van der Waals surface area contributed by atoms with Crippen LogP contribution in [0, 0.1) is 0 Å². The normalized spacial score (nSPS) is 11.5. The molecule has 112 valence electrons. The minimum atomic E-state index is -0.654. The Kier molecular flexibility index (Phi) is 3.33. The minimum absolute atomic E-state index is 0.0693. The van der Waals surface area contributed by atoms with E-state index in [4.69, 9.17) is 5.73 Å². The monoisotopic (exact) mass is 294 g/mol. The van der Waals surface area contributed by atoms with Crippen LogP contribution >= 0.6 is 0 Å². The van der Waals surface area contributed by atoms with E-state index in [0.717, 1.165) is 22.2 Å². The molecule has 0 unspecified atom stereocenters. The van der Waals surface area contributed by atoms with E-state index in [2.05, 4.69) is 15.5 Å². The third kappa shape index (κ3) is 2.53. The number of nitrogens with one attached hydrogen (secondary N) is 2. The van der Waals surface area contributed by atoms with Crippen LogP contribution in [0.1, 0.15) is 19.4 Å². The molecule has 0 saturated heterocycles. The number of H-pyrrole nitrogens is 1. The highest BCUT2D eigenvalue weighted by Crippen LogP contribution is 2.26. The second-order valence-corrected chi connectivity index (χ2v) is 5.87. The number of amides is 1. The van der Waals surface area contributed by atoms with E-state index in [1.165, 1.54) is 0 Å². The Morgan fingerprint density at radius 3 is 2.64 bits per heavy atom. The SMILES string of the molecule is CC(C)(C(=O)Nc1ccc2[nH]ncc2c1)c1ccc(N)cc1. The molecule has 3 aromatic rings. The standard InChI is InChI=1S/C17H18N4O/c1-17(2,12-3-5-13(18)6-4-12)16(22)20-14-7-8-15-11(9-14)10-19-21-15/h3-10H,18H2,1-2H3,(H,19,21)(H,20,22). The van der Waals surface area contributed by atoms with Gasteiger partial charge in [0.05, 0.1) is 17.1 Å². The third-order valence-corrected chi connectivity index (χ3v) is 3.90. The van der Waals surface area contributed by atoms with Crippen molar-refractivity contribution in [3.63, 3.8) is 0 Å². The summed E-state index contributed by atoms with van der Waals surface area (Å²) in [4.78, 5) is 12.6. The first kappa shape index (κ1) is 14.1. The van der Waals surface area contributed by atoms with Crippen LogP contribution in [0.3, 0.4) is 0 Å². The predicted molar refractivity (Wildman–Crippen MR) is 88.6 cm³/mol. The molecule has 0 saturated carbocycles. The highest BCUT2D eigenvalue weighted by molar-refractivity contribution is 5.99. The molecule has 1 heterocycles. The summed E-state index contributed by atoms with van der Waals surface area (Å²) in [5.74, 6) is -0.0693. The van der Waals surface area contributed by atoms with Gasteiger partial charge < -0.3 is 11.1 Å². The highest BCUT2D eigenvalue weighted by atomic mass is 16.2. The topological polar surface area (TPSA) is 83.8 Å². The van der Waals surface area contributed by atoms with Crippen LogP contribution in [0.25, 0.3) is 10.9 Å². The second kappa shape index (κ2) is 5.18. The van der Waals surface area contributed by atoms with E-state index in [-0.39, 0.29) is 5.91 Å². The Morgan fingerprint density at radius 1 is 1.18 bits per heavy atom. The molecular formula is C17H18N4O. The molecule has 4 N–H and O–H groups in total. The summed E-state index contributed by atoms with van der Waals surface area (Å²) < 4.78 is 0. The zero-order valence-corrected chi connectivity index (χ0v) is 12.6. The molecule has 22 heavy (non-hydrogen) atoms. The van der Waals surface area contributed by atoms with E-state index in [1.54, 1.807) is 6.20 Å². The average molecular weight is 294 g/mol. The minimum Gasteiger partial charge on any atom is -0.399 e. The molecule has 3 rings (SSSR count). The summed E-state index contributed by atoms with van der Waals surface area (Å²) in [7, 11) is 0. The molecule has 1 amide bonds. The van der Waals surface area contributed by atoms with Crippen LogP contribution in [0.15, 0.2) is 48.7 Å². The summed E-state index contributed by atoms with van der Waals surface area (Å²) >= 11 is 0. The summed E-state index contributed by atoms with van der Waals surface area (Å²) in [6.45, 7) is 3.79. The van der Waals surface area contributed by atoms with Gasteiger partial charge in [-0.1, -0.05) is 12.1 Å². The molecule has 1 aromatic heterocycles. The number of hydrogen-bond donors (Lipinski definition) is 3. The van der Waals surface area contributed by atoms with Crippen molar-refractivity contribution in [2.45, 2.75) is 19.3 Å². The molecule has 5 nitrogen and oxygen atoms in total. The highest BCUT2D eigenvalue weighted by Gasteiger charge is 2.29. The van der Waals surface area contributed by atoms with Crippen LogP contribution < -0.4 is 11.1 Å². The number of anilines is 2. The van der Waals surface area contributed by atoms with Crippen molar-refractivity contribution < 1.29 is 4.79 Å². The van der Waals surface area contributed by atoms with Crippen molar-refractivity contribution in [2.75, 3.05) is 11.1 Å². The second-order valence-electron chi connectivity index (χ2n) is 5.87. The molecule has 0 aliphatic heterocycles. The van der Waals surface area contributed by atoms with Crippen LogP contribution in [-0.2, 0) is 10.2 Å². The Morgan fingerprint density at radius 2 is 1.91 bits per heavy atom. The van der Waals surface area contributed by atoms with Crippen LogP contribution in [0.5, 0.6) is 0 Å². The van der Waals surface area contributed by atoms with Crippen LogP contribution in [0.2, 0.25) is 0 Å². The van der Waals surface area contributed by atoms with E-state index in [1.807, 2.05) is 56.3 Å². The van der Waals surface area contributed by atoms with Gasteiger partial charge in [-0.15, -0.1) is 0 Å². The number of aromatic amines is 1. The maximum absolute atomic E-state index is 12.6. The van der Waals surface area contributed by atoms with Gasteiger partial charge >= 0.3 is 0 Å². The summed E-state index contributed by atoms with van der Waals surface area (Å²) in [6, 6.07) is 13.0. The van der Waals surface area contributed by atoms with Gasteiger partial charge in [0.25, 0.3) is 0 Å². The Bertz CT molecular complexity index is 818. The number of carbonyl (C=O) groups is 1. The lowest BCUT2D eigenvalue weighted by atomic mass is 9.83. The van der Waals surface area contributed by atoms with Gasteiger partial charge in [0.2, 0.25) is 5.91 Å². The van der Waals surface area contributed by atoms with Crippen molar-refractivity contribution in [3.05, 3.63) is 54.2 Å². The van der Waals surface area contributed by atoms with Crippen LogP contribution in [0.4, 0.5) is 11.4 Å². The fourth-order valence-corrected chi connectivity index (χ4v) is 2.34. The van der Waals surface area contributed by atoms with E-state index in [0.29, 0.717) is 5.69 Å². The average Bonchev–Trinajstić information content (AvgIpc) is 2.95. The Hall–Kier alpha value is -2.82. The van der Waals surface area contributed by atoms with Crippen molar-refractivity contribution in [1.29, 1.82) is 0 Å². The van der Waals surface area contributed by atoms with Gasteiger partial charge in [-0.3, -0.25) is 9.89 Å². The quantitative estimate of drug-likeness (QED) is 0.649. The number of fused-ring (bicyclic) bond motifs is 1. The fourth-order valence-electron chi connectivity index (χ4n) is 2.34. The van der Waals surface area contributed by atoms with Gasteiger partial charge in [0.15, 0.2) is 0 Å². The molecule has 0 radical (unpaired) electrons. The molecule has 5 heteroatoms. The molecule has 0 fully saturated rings. The Labute approximate surface area is 128 Å². The van der Waals surface area contributed by atoms with Gasteiger partial charge in [0.1, 0.15) is 0 Å². The number of carbonyl (C=O) groups excluding carboxylic acids is 1. The van der Waals surface area contributed by atoms with E-state index in [9.17, 15) is 4.79 Å². The number of hydrogen-bond acceptors (Lipinski definition) is 3. The van der Waals surface area contributed by atoms with Gasteiger partial charge in [-0.05, 0) is 49.7 Å². The molecular weight excluding hydrogens is 276 g/mol. The van der Waals surface area contributed by atoms with Crippen molar-refractivity contribution in [3.8, 4) is 0 Å². The molecule has 0 atom stereocenters. The zero-order valence-electron chi connectivity index (χ0n) is 12.6. The van der Waals surface area contributed by atoms with Crippen molar-refractivity contribution >= 4 is 28.2 Å². The number of aromatic nitrogens is 2. The van der Waals surface area contributed by atoms with Gasteiger partial charge in [-0.2, -0.15) is 5.10 Å². The number of nitrogens with zero attached hydrogens (tertiary/aromatic N) is 1. The Balaban J connectivity index is 1.84. The first-order chi connectivity index (χ1) is 10.5. The lowest BCUT2D eigenvalue weighted by Crippen LogP contribution is -2.34. The maximum Gasteiger partial charge on any atom is 0.234 e. The number of rotatable bonds is 3. The van der Waals surface area contributed by atoms with Crippen molar-refractivity contribution in [1.82, 2.24) is 10.2 Å². The molecule has 2 aromatic carbocycles. The number of nitrogen functional groups attached to an aromatic ring is 1. The van der Waals surface area contributed by atoms with Crippen molar-refractivity contribution in [2.24, 2.45) is 0 Å². The summed E-state index contributed by atoms with van der Waals surface area (Å²) in [6.07, 6.45) is 1.73. The molecule has 0 bridgehead atoms. The molecule has 0 spiro atoms. The third-order valence-electron chi connectivity index (χ3n) is 3.90. The number of nitrogens with two attached hydrogens (primary N) is 1. The first-order valence-electron chi connectivity index (χ1n) is 7.07. The largest absolute Gasteiger partial charge is 0.399 e. The maximum atomic E-state index is 12.6. The smallest absolute Gasteiger partial charge is 0.234 e. The van der Waals surface area contributed by atoms with Crippen LogP contribution in [-0.4, -0.2) is 16.1 Å². The lowest BCUT2D eigenvalue weighted by Gasteiger charge is -2.24. The summed E-state index contributed by atoms with van der Waals surface area (Å²) in [5, 5.41) is 10.8. The zero-order chi connectivity index (χ0) is 15.7. The number of benzene rings is 2.